The van der Waals surface area contributed by atoms with Crippen molar-refractivity contribution in [2.45, 2.75) is 13.8 Å². The summed E-state index contributed by atoms with van der Waals surface area (Å²) in [6.07, 6.45) is -0.750. The van der Waals surface area contributed by atoms with Gasteiger partial charge in [0.25, 0.3) is 0 Å². The molecule has 0 bridgehead atoms. The van der Waals surface area contributed by atoms with Crippen molar-refractivity contribution in [1.82, 2.24) is 0 Å². The lowest BCUT2D eigenvalue weighted by atomic mass is 9.80. The Bertz CT molecular complexity index is 426. The van der Waals surface area contributed by atoms with E-state index in [1.165, 1.54) is 12.1 Å². The highest BCUT2D eigenvalue weighted by atomic mass is 19.1. The predicted octanol–water partition coefficient (Wildman–Crippen LogP) is 0.710. The van der Waals surface area contributed by atoms with Crippen LogP contribution in [0.2, 0.25) is 0 Å². The van der Waals surface area contributed by atoms with Crippen molar-refractivity contribution >= 4 is 24.4 Å². The van der Waals surface area contributed by atoms with Gasteiger partial charge in [0, 0.05) is 0 Å². The van der Waals surface area contributed by atoms with Gasteiger partial charge in [-0.2, -0.15) is 0 Å². The number of hydrogen-bond donors (Lipinski definition) is 3. The van der Waals surface area contributed by atoms with E-state index in [1.54, 1.807) is 0 Å². The van der Waals surface area contributed by atoms with Gasteiger partial charge in [0.1, 0.15) is 5.82 Å². The molecular weight excluding hydrogens is 240 g/mol. The van der Waals surface area contributed by atoms with Crippen LogP contribution in [-0.2, 0) is 4.74 Å². The molecule has 0 aliphatic carbocycles. The Hall–Kier alpha value is -1.60. The summed E-state index contributed by atoms with van der Waals surface area (Å²) in [5, 5.41) is 19.9. The van der Waals surface area contributed by atoms with Gasteiger partial charge in [0.2, 0.25) is 0 Å². The van der Waals surface area contributed by atoms with Gasteiger partial charge in [-0.05, 0) is 23.5 Å². The molecule has 7 heteroatoms. The number of carbonyl (C=O) groups excluding carboxylic acids is 1. The molecule has 0 radical (unpaired) electrons. The highest BCUT2D eigenvalue weighted by Gasteiger charge is 2.15. The average molecular weight is 255 g/mol. The topological polar surface area (TPSA) is 78.8 Å². The van der Waals surface area contributed by atoms with Gasteiger partial charge in [-0.25, -0.2) is 9.18 Å². The summed E-state index contributed by atoms with van der Waals surface area (Å²) < 4.78 is 18.3. The second-order valence-corrected chi connectivity index (χ2v) is 4.23. The summed E-state index contributed by atoms with van der Waals surface area (Å²) >= 11 is 0. The van der Waals surface area contributed by atoms with Crippen molar-refractivity contribution in [3.05, 3.63) is 24.0 Å². The number of amides is 1. The van der Waals surface area contributed by atoms with Crippen molar-refractivity contribution < 1.29 is 24.0 Å². The maximum absolute atomic E-state index is 13.5. The number of ether oxygens (including phenoxy) is 1. The number of anilines is 1. The van der Waals surface area contributed by atoms with Crippen molar-refractivity contribution in [2.75, 3.05) is 11.9 Å². The first-order valence-corrected chi connectivity index (χ1v) is 5.49. The first-order valence-electron chi connectivity index (χ1n) is 5.49. The smallest absolute Gasteiger partial charge is 0.449 e. The molecular formula is C11H15BFNO4. The van der Waals surface area contributed by atoms with Gasteiger partial charge in [-0.3, -0.25) is 5.32 Å². The molecule has 0 aliphatic rings. The third kappa shape index (κ3) is 4.35. The quantitative estimate of drug-likeness (QED) is 0.692. The molecule has 0 spiro atoms. The van der Waals surface area contributed by atoms with Crippen LogP contribution in [0.15, 0.2) is 18.2 Å². The lowest BCUT2D eigenvalue weighted by Crippen LogP contribution is -2.30. The van der Waals surface area contributed by atoms with Crippen LogP contribution in [0.25, 0.3) is 0 Å². The largest absolute Gasteiger partial charge is 0.488 e. The molecule has 0 heterocycles. The van der Waals surface area contributed by atoms with Crippen LogP contribution in [0.3, 0.4) is 0 Å². The molecule has 3 N–H and O–H groups in total. The molecule has 0 saturated heterocycles. The van der Waals surface area contributed by atoms with E-state index in [0.717, 1.165) is 6.07 Å². The average Bonchev–Trinajstić information content (AvgIpc) is 2.29. The Balaban J connectivity index is 2.65. The molecule has 1 rings (SSSR count). The van der Waals surface area contributed by atoms with E-state index in [1.807, 2.05) is 13.8 Å². The molecule has 0 atom stereocenters. The van der Waals surface area contributed by atoms with Crippen molar-refractivity contribution in [1.29, 1.82) is 0 Å². The zero-order chi connectivity index (χ0) is 13.7. The number of hydrogen-bond acceptors (Lipinski definition) is 4. The summed E-state index contributed by atoms with van der Waals surface area (Å²) in [5.74, 6) is -0.574. The molecule has 98 valence electrons. The molecule has 0 aromatic heterocycles. The zero-order valence-corrected chi connectivity index (χ0v) is 10.2. The predicted molar refractivity (Wildman–Crippen MR) is 66.0 cm³/mol. The Morgan fingerprint density at radius 1 is 1.50 bits per heavy atom. The first-order chi connectivity index (χ1) is 8.40. The van der Waals surface area contributed by atoms with E-state index in [-0.39, 0.29) is 23.7 Å². The number of nitrogens with one attached hydrogen (secondary N) is 1. The van der Waals surface area contributed by atoms with Gasteiger partial charge in [0.05, 0.1) is 12.3 Å². The normalized spacial score (nSPS) is 10.3. The molecule has 0 fully saturated rings. The minimum atomic E-state index is -1.75. The Morgan fingerprint density at radius 2 is 2.17 bits per heavy atom. The van der Waals surface area contributed by atoms with E-state index in [0.29, 0.717) is 0 Å². The van der Waals surface area contributed by atoms with Crippen LogP contribution in [0.1, 0.15) is 13.8 Å². The van der Waals surface area contributed by atoms with Crippen molar-refractivity contribution in [3.63, 3.8) is 0 Å². The lowest BCUT2D eigenvalue weighted by Gasteiger charge is -2.10. The third-order valence-electron chi connectivity index (χ3n) is 2.08. The third-order valence-corrected chi connectivity index (χ3v) is 2.08. The summed E-state index contributed by atoms with van der Waals surface area (Å²) in [6, 6.07) is 3.47. The number of carbonyl (C=O) groups is 1. The van der Waals surface area contributed by atoms with Crippen molar-refractivity contribution in [3.8, 4) is 0 Å². The number of halogens is 1. The molecule has 1 aromatic carbocycles. The minimum Gasteiger partial charge on any atom is -0.449 e. The highest BCUT2D eigenvalue weighted by molar-refractivity contribution is 6.58. The first kappa shape index (κ1) is 14.5. The van der Waals surface area contributed by atoms with Crippen molar-refractivity contribution in [2.24, 2.45) is 5.92 Å². The van der Waals surface area contributed by atoms with E-state index in [2.05, 4.69) is 5.32 Å². The molecule has 1 amide bonds. The van der Waals surface area contributed by atoms with E-state index in [9.17, 15) is 9.18 Å². The van der Waals surface area contributed by atoms with Gasteiger partial charge < -0.3 is 14.8 Å². The monoisotopic (exact) mass is 255 g/mol. The Morgan fingerprint density at radius 3 is 2.67 bits per heavy atom. The fourth-order valence-corrected chi connectivity index (χ4v) is 1.18. The van der Waals surface area contributed by atoms with Gasteiger partial charge in [0.15, 0.2) is 0 Å². The molecule has 5 nitrogen and oxygen atoms in total. The molecule has 18 heavy (non-hydrogen) atoms. The van der Waals surface area contributed by atoms with Crippen LogP contribution in [0, 0.1) is 11.7 Å². The summed E-state index contributed by atoms with van der Waals surface area (Å²) in [7, 11) is -1.75. The molecule has 0 unspecified atom stereocenters. The van der Waals surface area contributed by atoms with E-state index in [4.69, 9.17) is 14.8 Å². The molecule has 0 saturated carbocycles. The second-order valence-electron chi connectivity index (χ2n) is 4.23. The fraction of sp³-hybridized carbons (Fsp3) is 0.364. The Labute approximate surface area is 105 Å². The van der Waals surface area contributed by atoms with Crippen LogP contribution >= 0.6 is 0 Å². The highest BCUT2D eigenvalue weighted by Crippen LogP contribution is 2.12. The number of benzene rings is 1. The van der Waals surface area contributed by atoms with Crippen LogP contribution in [0.5, 0.6) is 0 Å². The van der Waals surface area contributed by atoms with Gasteiger partial charge >= 0.3 is 13.2 Å². The SMILES string of the molecule is CC(C)COC(=O)Nc1ccc(B(O)O)cc1F. The van der Waals surface area contributed by atoms with Crippen LogP contribution in [-0.4, -0.2) is 29.9 Å². The summed E-state index contributed by atoms with van der Waals surface area (Å²) in [5.41, 5.74) is -0.0678. The fourth-order valence-electron chi connectivity index (χ4n) is 1.18. The van der Waals surface area contributed by atoms with E-state index < -0.39 is 19.0 Å². The maximum Gasteiger partial charge on any atom is 0.488 e. The Kier molecular flexibility index (Phi) is 5.12. The summed E-state index contributed by atoms with van der Waals surface area (Å²) in [6.45, 7) is 4.00. The second kappa shape index (κ2) is 6.37. The van der Waals surface area contributed by atoms with Crippen LogP contribution < -0.4 is 10.8 Å². The number of rotatable bonds is 4. The van der Waals surface area contributed by atoms with E-state index >= 15 is 0 Å². The molecule has 1 aromatic rings. The lowest BCUT2D eigenvalue weighted by molar-refractivity contribution is 0.147. The van der Waals surface area contributed by atoms with Crippen LogP contribution in [0.4, 0.5) is 14.9 Å². The van der Waals surface area contributed by atoms with Gasteiger partial charge in [-0.15, -0.1) is 0 Å². The summed E-state index contributed by atoms with van der Waals surface area (Å²) in [4.78, 5) is 11.3. The van der Waals surface area contributed by atoms with Gasteiger partial charge in [-0.1, -0.05) is 19.9 Å². The minimum absolute atomic E-state index is 0.00796. The standard InChI is InChI=1S/C11H15BFNO4/c1-7(2)6-18-11(15)14-10-4-3-8(12(16)17)5-9(10)13/h3-5,7,16-17H,6H2,1-2H3,(H,14,15). The molecule has 0 aliphatic heterocycles. The zero-order valence-electron chi connectivity index (χ0n) is 10.2. The maximum atomic E-state index is 13.5.